The molecule has 14 heavy (non-hydrogen) atoms. The molecule has 1 unspecified atom stereocenters. The van der Waals surface area contributed by atoms with Crippen LogP contribution in [-0.2, 0) is 0 Å². The molecule has 0 fully saturated rings. The summed E-state index contributed by atoms with van der Waals surface area (Å²) < 4.78 is 1.40. The first-order valence-electron chi connectivity index (χ1n) is 4.14. The van der Waals surface area contributed by atoms with E-state index in [1.165, 1.54) is 0 Å². The summed E-state index contributed by atoms with van der Waals surface area (Å²) in [6, 6.07) is 0. The summed E-state index contributed by atoms with van der Waals surface area (Å²) in [5.41, 5.74) is 1.06. The highest BCUT2D eigenvalue weighted by Crippen LogP contribution is 2.35. The number of carbonyl (C=O) groups excluding carboxylic acids is 1. The Morgan fingerprint density at radius 2 is 2.14 bits per heavy atom. The second-order valence-corrected chi connectivity index (χ2v) is 4.69. The molecule has 0 saturated carbocycles. The van der Waals surface area contributed by atoms with Crippen LogP contribution in [0, 0.1) is 0 Å². The zero-order chi connectivity index (χ0) is 10.3. The van der Waals surface area contributed by atoms with Crippen LogP contribution in [-0.4, -0.2) is 22.5 Å². The maximum Gasteiger partial charge on any atom is 0.268 e. The third-order valence-corrected chi connectivity index (χ3v) is 4.15. The van der Waals surface area contributed by atoms with Crippen molar-refractivity contribution < 1.29 is 9.90 Å². The second-order valence-electron chi connectivity index (χ2n) is 3.10. The van der Waals surface area contributed by atoms with Crippen LogP contribution in [0.15, 0.2) is 9.08 Å². The monoisotopic (exact) mass is 322 g/mol. The molecular weight excluding hydrogens is 316 g/mol. The number of aromatic nitrogens is 1. The molecule has 6 heteroatoms. The Bertz CT molecular complexity index is 389. The molecule has 0 saturated heterocycles. The lowest BCUT2D eigenvalue weighted by molar-refractivity contribution is 0.0951. The van der Waals surface area contributed by atoms with Gasteiger partial charge >= 0.3 is 0 Å². The SMILES string of the molecule is O=C1NCCC(O)c2c1[nH]c(Br)c2Br. The van der Waals surface area contributed by atoms with Crippen molar-refractivity contribution in [2.75, 3.05) is 6.54 Å². The zero-order valence-electron chi connectivity index (χ0n) is 7.10. The molecule has 2 rings (SSSR count). The number of aliphatic hydroxyl groups excluding tert-OH is 1. The summed E-state index contributed by atoms with van der Waals surface area (Å²) in [6.07, 6.45) is -0.0809. The molecule has 0 aliphatic carbocycles. The lowest BCUT2D eigenvalue weighted by Gasteiger charge is -2.06. The fourth-order valence-electron chi connectivity index (χ4n) is 1.51. The Labute approximate surface area is 97.3 Å². The Kier molecular flexibility index (Phi) is 2.68. The van der Waals surface area contributed by atoms with Crippen molar-refractivity contribution in [2.45, 2.75) is 12.5 Å². The minimum Gasteiger partial charge on any atom is -0.388 e. The molecule has 1 aliphatic rings. The summed E-state index contributed by atoms with van der Waals surface area (Å²) in [5, 5.41) is 12.5. The number of halogens is 2. The second kappa shape index (κ2) is 3.67. The van der Waals surface area contributed by atoms with E-state index in [1.54, 1.807) is 0 Å². The molecule has 2 heterocycles. The maximum atomic E-state index is 11.5. The van der Waals surface area contributed by atoms with Crippen molar-refractivity contribution in [3.8, 4) is 0 Å². The van der Waals surface area contributed by atoms with Crippen molar-refractivity contribution >= 4 is 37.8 Å². The Morgan fingerprint density at radius 3 is 2.86 bits per heavy atom. The summed E-state index contributed by atoms with van der Waals surface area (Å²) in [5.74, 6) is -0.178. The van der Waals surface area contributed by atoms with Gasteiger partial charge in [0.15, 0.2) is 0 Å². The smallest absolute Gasteiger partial charge is 0.268 e. The van der Waals surface area contributed by atoms with E-state index in [2.05, 4.69) is 42.2 Å². The van der Waals surface area contributed by atoms with Crippen LogP contribution in [0.4, 0.5) is 0 Å². The topological polar surface area (TPSA) is 65.1 Å². The molecule has 76 valence electrons. The first-order valence-corrected chi connectivity index (χ1v) is 5.73. The highest BCUT2D eigenvalue weighted by Gasteiger charge is 2.27. The third kappa shape index (κ3) is 1.51. The van der Waals surface area contributed by atoms with Gasteiger partial charge in [-0.1, -0.05) is 0 Å². The molecule has 1 aliphatic heterocycles. The van der Waals surface area contributed by atoms with Crippen molar-refractivity contribution in [1.29, 1.82) is 0 Å². The van der Waals surface area contributed by atoms with Crippen molar-refractivity contribution in [2.24, 2.45) is 0 Å². The number of nitrogens with one attached hydrogen (secondary N) is 2. The van der Waals surface area contributed by atoms with Crippen LogP contribution in [0.5, 0.6) is 0 Å². The summed E-state index contributed by atoms with van der Waals surface area (Å²) in [4.78, 5) is 14.4. The van der Waals surface area contributed by atoms with E-state index in [9.17, 15) is 9.90 Å². The van der Waals surface area contributed by atoms with Crippen LogP contribution >= 0.6 is 31.9 Å². The van der Waals surface area contributed by atoms with Crippen LogP contribution in [0.3, 0.4) is 0 Å². The Morgan fingerprint density at radius 1 is 1.43 bits per heavy atom. The quantitative estimate of drug-likeness (QED) is 0.680. The average Bonchev–Trinajstić information content (AvgIpc) is 2.35. The molecule has 0 spiro atoms. The highest BCUT2D eigenvalue weighted by atomic mass is 79.9. The number of aliphatic hydroxyl groups is 1. The maximum absolute atomic E-state index is 11.5. The largest absolute Gasteiger partial charge is 0.388 e. The average molecular weight is 324 g/mol. The molecule has 0 aromatic carbocycles. The van der Waals surface area contributed by atoms with Crippen molar-refractivity contribution in [3.63, 3.8) is 0 Å². The molecule has 4 nitrogen and oxygen atoms in total. The molecule has 1 aromatic heterocycles. The van der Waals surface area contributed by atoms with Gasteiger partial charge in [-0.25, -0.2) is 0 Å². The number of aromatic amines is 1. The van der Waals surface area contributed by atoms with Gasteiger partial charge in [0.1, 0.15) is 5.69 Å². The van der Waals surface area contributed by atoms with E-state index in [-0.39, 0.29) is 5.91 Å². The summed E-state index contributed by atoms with van der Waals surface area (Å²) >= 11 is 6.58. The predicted molar refractivity (Wildman–Crippen MR) is 58.1 cm³/mol. The number of carbonyl (C=O) groups is 1. The number of fused-ring (bicyclic) bond motifs is 1. The number of hydrogen-bond donors (Lipinski definition) is 3. The first kappa shape index (κ1) is 10.2. The normalized spacial score (nSPS) is 21.4. The Hall–Kier alpha value is -0.330. The van der Waals surface area contributed by atoms with Crippen LogP contribution in [0.1, 0.15) is 28.6 Å². The number of H-pyrrole nitrogens is 1. The predicted octanol–water partition coefficient (Wildman–Crippen LogP) is 1.71. The molecule has 3 N–H and O–H groups in total. The highest BCUT2D eigenvalue weighted by molar-refractivity contribution is 9.13. The lowest BCUT2D eigenvalue weighted by atomic mass is 10.1. The van der Waals surface area contributed by atoms with Gasteiger partial charge in [0.2, 0.25) is 0 Å². The third-order valence-electron chi connectivity index (χ3n) is 2.20. The van der Waals surface area contributed by atoms with Crippen LogP contribution in [0.25, 0.3) is 0 Å². The van der Waals surface area contributed by atoms with Gasteiger partial charge < -0.3 is 15.4 Å². The van der Waals surface area contributed by atoms with Crippen molar-refractivity contribution in [1.82, 2.24) is 10.3 Å². The van der Waals surface area contributed by atoms with Gasteiger partial charge in [0.05, 0.1) is 15.2 Å². The fourth-order valence-corrected chi connectivity index (χ4v) is 2.48. The lowest BCUT2D eigenvalue weighted by Crippen LogP contribution is -2.23. The molecular formula is C8H8Br2N2O2. The van der Waals surface area contributed by atoms with Gasteiger partial charge in [0.25, 0.3) is 5.91 Å². The van der Waals surface area contributed by atoms with Crippen LogP contribution < -0.4 is 5.32 Å². The Balaban J connectivity index is 2.59. The van der Waals surface area contributed by atoms with Gasteiger partial charge in [-0.15, -0.1) is 0 Å². The van der Waals surface area contributed by atoms with Crippen molar-refractivity contribution in [3.05, 3.63) is 20.3 Å². The summed E-state index contributed by atoms with van der Waals surface area (Å²) in [6.45, 7) is 0.493. The van der Waals surface area contributed by atoms with Gasteiger partial charge in [-0.05, 0) is 38.3 Å². The van der Waals surface area contributed by atoms with Gasteiger partial charge in [-0.3, -0.25) is 4.79 Å². The van der Waals surface area contributed by atoms with E-state index >= 15 is 0 Å². The number of hydrogen-bond acceptors (Lipinski definition) is 2. The van der Waals surface area contributed by atoms with E-state index < -0.39 is 6.10 Å². The van der Waals surface area contributed by atoms with E-state index in [0.717, 1.165) is 4.47 Å². The molecule has 0 radical (unpaired) electrons. The number of amides is 1. The minimum atomic E-state index is -0.610. The fraction of sp³-hybridized carbons (Fsp3) is 0.375. The zero-order valence-corrected chi connectivity index (χ0v) is 10.3. The molecule has 1 amide bonds. The first-order chi connectivity index (χ1) is 6.61. The minimum absolute atomic E-state index is 0.178. The van der Waals surface area contributed by atoms with Crippen LogP contribution in [0.2, 0.25) is 0 Å². The molecule has 1 aromatic rings. The van der Waals surface area contributed by atoms with Gasteiger partial charge in [0, 0.05) is 12.1 Å². The van der Waals surface area contributed by atoms with E-state index in [0.29, 0.717) is 28.8 Å². The van der Waals surface area contributed by atoms with Gasteiger partial charge in [-0.2, -0.15) is 0 Å². The molecule has 1 atom stereocenters. The summed E-state index contributed by atoms with van der Waals surface area (Å²) in [7, 11) is 0. The van der Waals surface area contributed by atoms with E-state index in [4.69, 9.17) is 0 Å². The molecule has 0 bridgehead atoms. The van der Waals surface area contributed by atoms with E-state index in [1.807, 2.05) is 0 Å². The standard InChI is InChI=1S/C8H8Br2N2O2/c9-5-4-3(13)1-2-11-8(14)6(4)12-7(5)10/h3,12-13H,1-2H2,(H,11,14). The number of rotatable bonds is 0.